The number of nitrogens with zero attached hydrogens (tertiary/aromatic N) is 2. The zero-order chi connectivity index (χ0) is 10.4. The van der Waals surface area contributed by atoms with Gasteiger partial charge in [-0.15, -0.1) is 0 Å². The van der Waals surface area contributed by atoms with Gasteiger partial charge in [-0.2, -0.15) is 16.7 Å². The van der Waals surface area contributed by atoms with Crippen LogP contribution in [0.1, 0.15) is 0 Å². The number of hydrogen-bond donors (Lipinski definition) is 1. The van der Waals surface area contributed by atoms with Gasteiger partial charge in [0.15, 0.2) is 5.82 Å². The Morgan fingerprint density at radius 2 is 2.43 bits per heavy atom. The van der Waals surface area contributed by atoms with E-state index in [2.05, 4.69) is 15.3 Å². The molecule has 0 aliphatic carbocycles. The first-order chi connectivity index (χ1) is 6.77. The second-order valence-corrected chi connectivity index (χ2v) is 3.87. The highest BCUT2D eigenvalue weighted by Gasteiger charge is 2.04. The van der Waals surface area contributed by atoms with E-state index in [0.717, 1.165) is 12.3 Å². The SMILES string of the molecule is COc1ncc(Cl)c(NCCSC)n1. The average molecular weight is 234 g/mol. The van der Waals surface area contributed by atoms with Gasteiger partial charge >= 0.3 is 6.01 Å². The fourth-order valence-electron chi connectivity index (χ4n) is 0.845. The minimum atomic E-state index is 0.320. The number of hydrogen-bond acceptors (Lipinski definition) is 5. The van der Waals surface area contributed by atoms with Crippen molar-refractivity contribution in [3.63, 3.8) is 0 Å². The molecule has 6 heteroatoms. The van der Waals surface area contributed by atoms with Gasteiger partial charge < -0.3 is 10.1 Å². The Balaban J connectivity index is 2.64. The number of halogens is 1. The third kappa shape index (κ3) is 3.23. The van der Waals surface area contributed by atoms with Crippen LogP contribution >= 0.6 is 23.4 Å². The van der Waals surface area contributed by atoms with Gasteiger partial charge in [-0.25, -0.2) is 4.98 Å². The zero-order valence-electron chi connectivity index (χ0n) is 8.08. The molecule has 4 nitrogen and oxygen atoms in total. The van der Waals surface area contributed by atoms with Crippen LogP contribution in [0.25, 0.3) is 0 Å². The van der Waals surface area contributed by atoms with Gasteiger partial charge in [-0.3, -0.25) is 0 Å². The molecule has 0 aromatic carbocycles. The smallest absolute Gasteiger partial charge is 0.318 e. The maximum atomic E-state index is 5.88. The Morgan fingerprint density at radius 3 is 3.07 bits per heavy atom. The summed E-state index contributed by atoms with van der Waals surface area (Å²) in [5, 5.41) is 3.61. The van der Waals surface area contributed by atoms with E-state index in [9.17, 15) is 0 Å². The summed E-state index contributed by atoms with van der Waals surface area (Å²) in [6, 6.07) is 0.320. The second-order valence-electron chi connectivity index (χ2n) is 2.47. The quantitative estimate of drug-likeness (QED) is 0.788. The van der Waals surface area contributed by atoms with Crippen LogP contribution in [-0.4, -0.2) is 35.6 Å². The number of aromatic nitrogens is 2. The highest BCUT2D eigenvalue weighted by atomic mass is 35.5. The van der Waals surface area contributed by atoms with Gasteiger partial charge in [0.1, 0.15) is 5.02 Å². The summed E-state index contributed by atoms with van der Waals surface area (Å²) in [6.45, 7) is 0.820. The molecule has 0 fully saturated rings. The Labute approximate surface area is 92.4 Å². The first kappa shape index (κ1) is 11.4. The normalized spacial score (nSPS) is 9.93. The molecule has 0 aliphatic heterocycles. The molecule has 0 aliphatic rings. The van der Waals surface area contributed by atoms with Crippen LogP contribution in [0.3, 0.4) is 0 Å². The molecule has 0 radical (unpaired) electrons. The molecule has 1 N–H and O–H groups in total. The van der Waals surface area contributed by atoms with Gasteiger partial charge in [-0.05, 0) is 6.26 Å². The first-order valence-electron chi connectivity index (χ1n) is 4.07. The molecule has 1 heterocycles. The molecular formula is C8H12ClN3OS. The van der Waals surface area contributed by atoms with Crippen LogP contribution in [-0.2, 0) is 0 Å². The number of anilines is 1. The van der Waals surface area contributed by atoms with Crippen molar-refractivity contribution in [1.29, 1.82) is 0 Å². The fraction of sp³-hybridized carbons (Fsp3) is 0.500. The van der Waals surface area contributed by atoms with Gasteiger partial charge in [0.25, 0.3) is 0 Å². The Kier molecular flexibility index (Phi) is 4.82. The van der Waals surface area contributed by atoms with Crippen LogP contribution < -0.4 is 10.1 Å². The molecule has 0 unspecified atom stereocenters. The van der Waals surface area contributed by atoms with Crippen molar-refractivity contribution < 1.29 is 4.74 Å². The summed E-state index contributed by atoms with van der Waals surface area (Å²) in [7, 11) is 1.52. The molecule has 0 amide bonds. The molecule has 0 spiro atoms. The topological polar surface area (TPSA) is 47.0 Å². The standard InChI is InChI=1S/C8H12ClN3OS/c1-13-8-11-5-6(9)7(12-8)10-3-4-14-2/h5H,3-4H2,1-2H3,(H,10,11,12). The van der Waals surface area contributed by atoms with Crippen molar-refractivity contribution >= 4 is 29.2 Å². The van der Waals surface area contributed by atoms with E-state index in [1.807, 2.05) is 6.26 Å². The summed E-state index contributed by atoms with van der Waals surface area (Å²) >= 11 is 7.64. The predicted molar refractivity (Wildman–Crippen MR) is 60.5 cm³/mol. The molecule has 0 saturated carbocycles. The lowest BCUT2D eigenvalue weighted by Crippen LogP contribution is -2.07. The molecule has 14 heavy (non-hydrogen) atoms. The lowest BCUT2D eigenvalue weighted by molar-refractivity contribution is 0.380. The molecule has 0 atom stereocenters. The average Bonchev–Trinajstić information content (AvgIpc) is 2.21. The van der Waals surface area contributed by atoms with Crippen LogP contribution in [0.15, 0.2) is 6.20 Å². The molecule has 1 rings (SSSR count). The minimum absolute atomic E-state index is 0.320. The van der Waals surface area contributed by atoms with Crippen LogP contribution in [0.4, 0.5) is 5.82 Å². The van der Waals surface area contributed by atoms with Crippen molar-refractivity contribution in [2.45, 2.75) is 0 Å². The predicted octanol–water partition coefficient (Wildman–Crippen LogP) is 1.91. The highest BCUT2D eigenvalue weighted by molar-refractivity contribution is 7.98. The number of nitrogens with one attached hydrogen (secondary N) is 1. The van der Waals surface area contributed by atoms with E-state index in [-0.39, 0.29) is 0 Å². The Morgan fingerprint density at radius 1 is 1.64 bits per heavy atom. The Bertz CT molecular complexity index is 298. The molecule has 78 valence electrons. The van der Waals surface area contributed by atoms with Crippen LogP contribution in [0, 0.1) is 0 Å². The van der Waals surface area contributed by atoms with Crippen molar-refractivity contribution in [3.05, 3.63) is 11.2 Å². The summed E-state index contributed by atoms with van der Waals surface area (Å²) < 4.78 is 4.89. The monoisotopic (exact) mass is 233 g/mol. The van der Waals surface area contributed by atoms with Crippen molar-refractivity contribution in [3.8, 4) is 6.01 Å². The number of methoxy groups -OCH3 is 1. The molecule has 0 bridgehead atoms. The lowest BCUT2D eigenvalue weighted by Gasteiger charge is -2.06. The van der Waals surface area contributed by atoms with Crippen LogP contribution in [0.2, 0.25) is 5.02 Å². The minimum Gasteiger partial charge on any atom is -0.467 e. The largest absolute Gasteiger partial charge is 0.467 e. The zero-order valence-corrected chi connectivity index (χ0v) is 9.65. The maximum absolute atomic E-state index is 5.88. The van der Waals surface area contributed by atoms with Crippen molar-refractivity contribution in [1.82, 2.24) is 9.97 Å². The lowest BCUT2D eigenvalue weighted by atomic mass is 10.5. The molecule has 0 saturated heterocycles. The van der Waals surface area contributed by atoms with Gasteiger partial charge in [0, 0.05) is 12.3 Å². The summed E-state index contributed by atoms with van der Waals surface area (Å²) in [5.41, 5.74) is 0. The van der Waals surface area contributed by atoms with E-state index in [1.165, 1.54) is 13.3 Å². The van der Waals surface area contributed by atoms with E-state index >= 15 is 0 Å². The highest BCUT2D eigenvalue weighted by Crippen LogP contribution is 2.19. The summed E-state index contributed by atoms with van der Waals surface area (Å²) in [5.74, 6) is 1.62. The van der Waals surface area contributed by atoms with E-state index in [4.69, 9.17) is 16.3 Å². The third-order valence-corrected chi connectivity index (χ3v) is 2.39. The molecule has 1 aromatic heterocycles. The van der Waals surface area contributed by atoms with Gasteiger partial charge in [0.05, 0.1) is 13.3 Å². The maximum Gasteiger partial charge on any atom is 0.318 e. The van der Waals surface area contributed by atoms with E-state index in [0.29, 0.717) is 16.9 Å². The summed E-state index contributed by atoms with van der Waals surface area (Å²) in [4.78, 5) is 7.95. The Hall–Kier alpha value is -0.680. The molecule has 1 aromatic rings. The van der Waals surface area contributed by atoms with Gasteiger partial charge in [0.2, 0.25) is 0 Å². The van der Waals surface area contributed by atoms with Crippen LogP contribution in [0.5, 0.6) is 6.01 Å². The van der Waals surface area contributed by atoms with E-state index < -0.39 is 0 Å². The number of rotatable bonds is 5. The second kappa shape index (κ2) is 5.93. The summed E-state index contributed by atoms with van der Waals surface area (Å²) in [6.07, 6.45) is 3.57. The fourth-order valence-corrected chi connectivity index (χ4v) is 1.31. The van der Waals surface area contributed by atoms with E-state index in [1.54, 1.807) is 11.8 Å². The molecular weight excluding hydrogens is 222 g/mol. The van der Waals surface area contributed by atoms with Crippen molar-refractivity contribution in [2.75, 3.05) is 31.0 Å². The van der Waals surface area contributed by atoms with Crippen molar-refractivity contribution in [2.24, 2.45) is 0 Å². The number of thioether (sulfide) groups is 1. The first-order valence-corrected chi connectivity index (χ1v) is 5.84. The third-order valence-electron chi connectivity index (χ3n) is 1.50. The van der Waals surface area contributed by atoms with Gasteiger partial charge in [-0.1, -0.05) is 11.6 Å². The number of ether oxygens (including phenoxy) is 1.